The largest absolute Gasteiger partial charge is 0.394 e. The number of rotatable bonds is 3. The molecule has 3 rings (SSSR count). The number of nitrogen functional groups attached to an aromatic ring is 1. The normalized spacial score (nSPS) is 26.4. The zero-order chi connectivity index (χ0) is 14.3. The number of nitrogens with zero attached hydrogens (tertiary/aromatic N) is 4. The molecule has 1 saturated heterocycles. The van der Waals surface area contributed by atoms with Crippen LogP contribution in [0.3, 0.4) is 0 Å². The summed E-state index contributed by atoms with van der Waals surface area (Å²) >= 11 is 1.42. The van der Waals surface area contributed by atoms with Crippen LogP contribution in [0.2, 0.25) is 0 Å². The van der Waals surface area contributed by atoms with Gasteiger partial charge < -0.3 is 20.7 Å². The van der Waals surface area contributed by atoms with E-state index in [9.17, 15) is 5.11 Å². The molecule has 4 N–H and O–H groups in total. The highest BCUT2D eigenvalue weighted by Crippen LogP contribution is 2.32. The maximum atomic E-state index is 10.1. The van der Waals surface area contributed by atoms with Crippen LogP contribution in [0.25, 0.3) is 11.2 Å². The second-order valence-corrected chi connectivity index (χ2v) is 5.34. The van der Waals surface area contributed by atoms with Gasteiger partial charge in [0.05, 0.1) is 19.0 Å². The Morgan fingerprint density at radius 1 is 1.55 bits per heavy atom. The van der Waals surface area contributed by atoms with Crippen LogP contribution in [-0.4, -0.2) is 54.8 Å². The summed E-state index contributed by atoms with van der Waals surface area (Å²) in [7, 11) is 0. The molecule has 0 aromatic carbocycles. The Bertz CT molecular complexity index is 634. The number of anilines is 1. The number of aromatic nitrogens is 4. The second kappa shape index (κ2) is 5.17. The van der Waals surface area contributed by atoms with Crippen LogP contribution < -0.4 is 5.73 Å². The molecule has 0 bridgehead atoms. The van der Waals surface area contributed by atoms with E-state index in [1.807, 2.05) is 6.26 Å². The molecule has 0 aliphatic carbocycles. The summed E-state index contributed by atoms with van der Waals surface area (Å²) in [5, 5.41) is 19.9. The zero-order valence-corrected chi connectivity index (χ0v) is 11.6. The van der Waals surface area contributed by atoms with Crippen LogP contribution in [0.4, 0.5) is 5.95 Å². The Hall–Kier alpha value is -1.42. The Morgan fingerprint density at radius 3 is 3.00 bits per heavy atom. The van der Waals surface area contributed by atoms with Crippen LogP contribution in [-0.2, 0) is 4.74 Å². The highest BCUT2D eigenvalue weighted by molar-refractivity contribution is 7.98. The molecule has 2 aromatic heterocycles. The summed E-state index contributed by atoms with van der Waals surface area (Å²) in [5.74, 6) is 0.148. The highest BCUT2D eigenvalue weighted by Gasteiger charge is 2.36. The fourth-order valence-corrected chi connectivity index (χ4v) is 2.86. The lowest BCUT2D eigenvalue weighted by Gasteiger charge is -2.16. The molecule has 3 heterocycles. The van der Waals surface area contributed by atoms with Gasteiger partial charge in [0.2, 0.25) is 5.95 Å². The van der Waals surface area contributed by atoms with Gasteiger partial charge in [0.25, 0.3) is 0 Å². The SMILES string of the molecule is CSc1nc(N)nc2c1ncn2[C@@H]1O[C@@H](CO)C[C@@H]1O. The average molecular weight is 297 g/mol. The number of aliphatic hydroxyl groups excluding tert-OH is 2. The maximum Gasteiger partial charge on any atom is 0.223 e. The second-order valence-electron chi connectivity index (χ2n) is 4.55. The standard InChI is InChI=1S/C11H15N5O3S/c1-20-9-7-8(14-11(12)15-9)16(4-13-7)10-6(18)2-5(3-17)19-10/h4-6,10,17-18H,2-3H2,1H3,(H2,12,14,15)/t5-,6+,10-/m1/s1. The molecule has 108 valence electrons. The van der Waals surface area contributed by atoms with E-state index in [0.717, 1.165) is 0 Å². The van der Waals surface area contributed by atoms with E-state index in [-0.39, 0.29) is 18.7 Å². The predicted molar refractivity (Wildman–Crippen MR) is 73.1 cm³/mol. The van der Waals surface area contributed by atoms with E-state index < -0.39 is 12.3 Å². The fraction of sp³-hybridized carbons (Fsp3) is 0.545. The topological polar surface area (TPSA) is 119 Å². The molecule has 0 radical (unpaired) electrons. The minimum atomic E-state index is -0.724. The molecular weight excluding hydrogens is 282 g/mol. The van der Waals surface area contributed by atoms with E-state index in [0.29, 0.717) is 22.6 Å². The first-order chi connectivity index (χ1) is 9.63. The van der Waals surface area contributed by atoms with Gasteiger partial charge in [-0.25, -0.2) is 9.97 Å². The lowest BCUT2D eigenvalue weighted by Crippen LogP contribution is -2.19. The van der Waals surface area contributed by atoms with Gasteiger partial charge in [-0.3, -0.25) is 4.57 Å². The van der Waals surface area contributed by atoms with Gasteiger partial charge in [-0.2, -0.15) is 4.98 Å². The number of hydrogen-bond donors (Lipinski definition) is 3. The van der Waals surface area contributed by atoms with Gasteiger partial charge in [-0.15, -0.1) is 11.8 Å². The number of imidazole rings is 1. The van der Waals surface area contributed by atoms with Gasteiger partial charge in [0.15, 0.2) is 11.9 Å². The summed E-state index contributed by atoms with van der Waals surface area (Å²) in [5.41, 5.74) is 6.83. The number of fused-ring (bicyclic) bond motifs is 1. The van der Waals surface area contributed by atoms with Crippen LogP contribution in [0.5, 0.6) is 0 Å². The quantitative estimate of drug-likeness (QED) is 0.525. The van der Waals surface area contributed by atoms with Crippen LogP contribution in [0.15, 0.2) is 11.4 Å². The summed E-state index contributed by atoms with van der Waals surface area (Å²) in [4.78, 5) is 12.6. The Morgan fingerprint density at radius 2 is 2.35 bits per heavy atom. The molecule has 9 heteroatoms. The van der Waals surface area contributed by atoms with Crippen molar-refractivity contribution in [3.05, 3.63) is 6.33 Å². The minimum Gasteiger partial charge on any atom is -0.394 e. The molecule has 2 aromatic rings. The lowest BCUT2D eigenvalue weighted by atomic mass is 10.2. The molecule has 8 nitrogen and oxygen atoms in total. The average Bonchev–Trinajstić information content (AvgIpc) is 3.00. The zero-order valence-electron chi connectivity index (χ0n) is 10.8. The first-order valence-electron chi connectivity index (χ1n) is 6.12. The number of hydrogen-bond acceptors (Lipinski definition) is 8. The molecule has 20 heavy (non-hydrogen) atoms. The monoisotopic (exact) mass is 297 g/mol. The van der Waals surface area contributed by atoms with Gasteiger partial charge in [0, 0.05) is 6.42 Å². The van der Waals surface area contributed by atoms with Gasteiger partial charge >= 0.3 is 0 Å². The molecule has 0 saturated carbocycles. The molecule has 1 fully saturated rings. The minimum absolute atomic E-state index is 0.132. The molecule has 0 unspecified atom stereocenters. The van der Waals surface area contributed by atoms with E-state index in [4.69, 9.17) is 15.6 Å². The Balaban J connectivity index is 2.07. The number of aliphatic hydroxyl groups is 2. The third-order valence-corrected chi connectivity index (χ3v) is 3.91. The predicted octanol–water partition coefficient (Wildman–Crippen LogP) is -0.229. The van der Waals surface area contributed by atoms with Crippen LogP contribution in [0, 0.1) is 0 Å². The molecule has 3 atom stereocenters. The van der Waals surface area contributed by atoms with Crippen molar-refractivity contribution in [1.29, 1.82) is 0 Å². The van der Waals surface area contributed by atoms with Crippen molar-refractivity contribution < 1.29 is 14.9 Å². The smallest absolute Gasteiger partial charge is 0.223 e. The van der Waals surface area contributed by atoms with Crippen LogP contribution >= 0.6 is 11.8 Å². The molecule has 1 aliphatic heterocycles. The lowest BCUT2D eigenvalue weighted by molar-refractivity contribution is -0.0486. The number of ether oxygens (including phenoxy) is 1. The number of thioether (sulfide) groups is 1. The third-order valence-electron chi connectivity index (χ3n) is 3.24. The highest BCUT2D eigenvalue weighted by atomic mass is 32.2. The van der Waals surface area contributed by atoms with E-state index in [1.54, 1.807) is 10.9 Å². The fourth-order valence-electron chi connectivity index (χ4n) is 2.33. The summed E-state index contributed by atoms with van der Waals surface area (Å²) in [6.07, 6.45) is 2.07. The van der Waals surface area contributed by atoms with Crippen molar-refractivity contribution in [3.63, 3.8) is 0 Å². The van der Waals surface area contributed by atoms with Crippen LogP contribution in [0.1, 0.15) is 12.6 Å². The third kappa shape index (κ3) is 2.12. The van der Waals surface area contributed by atoms with Gasteiger partial charge in [0.1, 0.15) is 16.6 Å². The number of nitrogens with two attached hydrogens (primary N) is 1. The van der Waals surface area contributed by atoms with Crippen molar-refractivity contribution in [2.24, 2.45) is 0 Å². The molecule has 1 aliphatic rings. The van der Waals surface area contributed by atoms with Crippen molar-refractivity contribution >= 4 is 28.9 Å². The van der Waals surface area contributed by atoms with Gasteiger partial charge in [-0.1, -0.05) is 0 Å². The molecule has 0 spiro atoms. The maximum absolute atomic E-state index is 10.1. The van der Waals surface area contributed by atoms with Crippen molar-refractivity contribution in [3.8, 4) is 0 Å². The van der Waals surface area contributed by atoms with E-state index in [1.165, 1.54) is 11.8 Å². The van der Waals surface area contributed by atoms with Crippen molar-refractivity contribution in [2.75, 3.05) is 18.6 Å². The Kier molecular flexibility index (Phi) is 3.50. The molecule has 0 amide bonds. The van der Waals surface area contributed by atoms with Gasteiger partial charge in [-0.05, 0) is 6.26 Å². The van der Waals surface area contributed by atoms with Crippen molar-refractivity contribution in [2.45, 2.75) is 29.9 Å². The Labute approximate surface area is 119 Å². The van der Waals surface area contributed by atoms with Crippen molar-refractivity contribution in [1.82, 2.24) is 19.5 Å². The van der Waals surface area contributed by atoms with E-state index in [2.05, 4.69) is 15.0 Å². The first kappa shape index (κ1) is 13.6. The summed E-state index contributed by atoms with van der Waals surface area (Å²) in [6, 6.07) is 0. The first-order valence-corrected chi connectivity index (χ1v) is 7.35. The van der Waals surface area contributed by atoms with E-state index >= 15 is 0 Å². The summed E-state index contributed by atoms with van der Waals surface area (Å²) < 4.78 is 7.24. The summed E-state index contributed by atoms with van der Waals surface area (Å²) in [6.45, 7) is -0.132. The molecular formula is C11H15N5O3S.